The van der Waals surface area contributed by atoms with E-state index in [2.05, 4.69) is 5.32 Å². The number of hydrogen-bond donors (Lipinski definition) is 2. The number of rotatable bonds is 1. The summed E-state index contributed by atoms with van der Waals surface area (Å²) < 4.78 is -2.05. The van der Waals surface area contributed by atoms with E-state index in [0.29, 0.717) is 0 Å². The topological polar surface area (TPSA) is 91.9 Å². The average Bonchev–Trinajstić information content (AvgIpc) is 2.86. The molecule has 1 atom stereocenters. The van der Waals surface area contributed by atoms with Gasteiger partial charge in [0.25, 0.3) is 9.70 Å². The van der Waals surface area contributed by atoms with Gasteiger partial charge < -0.3 is 0 Å². The molecule has 0 aromatic carbocycles. The van der Waals surface area contributed by atoms with Gasteiger partial charge in [-0.05, 0) is 0 Å². The lowest BCUT2D eigenvalue weighted by Gasteiger charge is -2.05. The Kier molecular flexibility index (Phi) is 5.81. The fraction of sp³-hybridized carbons (Fsp3) is 0.500. The average molecular weight is 258 g/mol. The van der Waals surface area contributed by atoms with Crippen LogP contribution in [0, 0.1) is 11.3 Å². The number of halogens is 3. The molecule has 1 fully saturated rings. The Balaban J connectivity index is 0.000000280. The first-order valence-electron chi connectivity index (χ1n) is 3.36. The zero-order valence-electron chi connectivity index (χ0n) is 6.76. The zero-order valence-corrected chi connectivity index (χ0v) is 9.03. The Morgan fingerprint density at radius 1 is 1.64 bits per heavy atom. The first kappa shape index (κ1) is 13.5. The Hall–Kier alpha value is -0.540. The minimum absolute atomic E-state index is 0.143. The van der Waals surface area contributed by atoms with Crippen molar-refractivity contribution < 1.29 is 9.59 Å². The largest absolute Gasteiger partial charge is 0.298 e. The van der Waals surface area contributed by atoms with E-state index in [1.165, 1.54) is 0 Å². The first-order valence-corrected chi connectivity index (χ1v) is 4.49. The molecule has 0 aromatic heterocycles. The number of carbonyl (C=O) groups is 2. The number of amides is 2. The second-order valence-corrected chi connectivity index (χ2v) is 4.46. The fourth-order valence-corrected chi connectivity index (χ4v) is 0.449. The zero-order chi connectivity index (χ0) is 11.2. The van der Waals surface area contributed by atoms with Crippen molar-refractivity contribution in [2.24, 2.45) is 0 Å². The van der Waals surface area contributed by atoms with Crippen LogP contribution in [0.3, 0.4) is 0 Å². The van der Waals surface area contributed by atoms with Crippen LogP contribution < -0.4 is 10.6 Å². The maximum Gasteiger partial charge on any atom is 0.278 e. The minimum Gasteiger partial charge on any atom is -0.298 e. The van der Waals surface area contributed by atoms with Crippen LogP contribution in [0.5, 0.6) is 0 Å². The molecule has 8 heteroatoms. The number of alkyl halides is 3. The number of nitriles is 1. The third-order valence-electron chi connectivity index (χ3n) is 1.01. The van der Waals surface area contributed by atoms with Gasteiger partial charge in [-0.2, -0.15) is 5.26 Å². The van der Waals surface area contributed by atoms with Gasteiger partial charge in [0.2, 0.25) is 6.41 Å². The van der Waals surface area contributed by atoms with Crippen molar-refractivity contribution in [3.8, 4) is 6.07 Å². The number of nitrogens with one attached hydrogen (secondary N) is 2. The third kappa shape index (κ3) is 6.92. The molecule has 14 heavy (non-hydrogen) atoms. The standard InChI is InChI=1S/C3H2Cl3NO2.C3H4N2/c4-3(5,6)2(9)7-1-8;4-1-3-2-5-3/h1H,(H,7,8,9);3,5H,2H2. The molecule has 5 nitrogen and oxygen atoms in total. The maximum absolute atomic E-state index is 10.3. The SMILES string of the molecule is N#CC1CN1.O=CNC(=O)C(Cl)(Cl)Cl. The van der Waals surface area contributed by atoms with Crippen LogP contribution in [-0.2, 0) is 9.59 Å². The predicted octanol–water partition coefficient (Wildman–Crippen LogP) is 0.111. The number of hydrogen-bond acceptors (Lipinski definition) is 4. The molecule has 0 bridgehead atoms. The molecule has 0 aromatic rings. The summed E-state index contributed by atoms with van der Waals surface area (Å²) in [4.78, 5) is 19.9. The van der Waals surface area contributed by atoms with Crippen molar-refractivity contribution in [3.63, 3.8) is 0 Å². The quantitative estimate of drug-likeness (QED) is 0.397. The molecule has 1 rings (SSSR count). The van der Waals surface area contributed by atoms with E-state index in [0.717, 1.165) is 6.54 Å². The van der Waals surface area contributed by atoms with E-state index in [1.807, 2.05) is 6.07 Å². The van der Waals surface area contributed by atoms with E-state index >= 15 is 0 Å². The summed E-state index contributed by atoms with van der Waals surface area (Å²) in [6.07, 6.45) is 0.143. The Morgan fingerprint density at radius 2 is 2.14 bits per heavy atom. The van der Waals surface area contributed by atoms with Crippen LogP contribution in [0.25, 0.3) is 0 Å². The van der Waals surface area contributed by atoms with Gasteiger partial charge in [-0.25, -0.2) is 0 Å². The highest BCUT2D eigenvalue weighted by molar-refractivity contribution is 6.76. The lowest BCUT2D eigenvalue weighted by atomic mass is 10.6. The predicted molar refractivity (Wildman–Crippen MR) is 51.9 cm³/mol. The van der Waals surface area contributed by atoms with Crippen molar-refractivity contribution in [1.29, 1.82) is 5.26 Å². The molecule has 1 aliphatic rings. The summed E-state index contributed by atoms with van der Waals surface area (Å²) in [5, 5.41) is 12.4. The van der Waals surface area contributed by atoms with E-state index in [9.17, 15) is 9.59 Å². The summed E-state index contributed by atoms with van der Waals surface area (Å²) in [7, 11) is 0. The van der Waals surface area contributed by atoms with E-state index in [1.54, 1.807) is 5.32 Å². The van der Waals surface area contributed by atoms with Crippen LogP contribution in [0.2, 0.25) is 0 Å². The van der Waals surface area contributed by atoms with Crippen LogP contribution >= 0.6 is 34.8 Å². The molecule has 0 aliphatic carbocycles. The van der Waals surface area contributed by atoms with E-state index in [4.69, 9.17) is 40.1 Å². The summed E-state index contributed by atoms with van der Waals surface area (Å²) >= 11 is 15.1. The van der Waals surface area contributed by atoms with Gasteiger partial charge in [-0.15, -0.1) is 0 Å². The lowest BCUT2D eigenvalue weighted by molar-refractivity contribution is -0.124. The van der Waals surface area contributed by atoms with Crippen LogP contribution in [0.4, 0.5) is 0 Å². The second-order valence-electron chi connectivity index (χ2n) is 2.18. The molecule has 78 valence electrons. The van der Waals surface area contributed by atoms with E-state index < -0.39 is 9.70 Å². The maximum atomic E-state index is 10.3. The highest BCUT2D eigenvalue weighted by atomic mass is 35.6. The van der Waals surface area contributed by atoms with Gasteiger partial charge in [0.1, 0.15) is 6.04 Å². The molecule has 1 saturated heterocycles. The van der Waals surface area contributed by atoms with Gasteiger partial charge in [0.15, 0.2) is 0 Å². The number of nitrogens with zero attached hydrogens (tertiary/aromatic N) is 1. The molecule has 1 heterocycles. The van der Waals surface area contributed by atoms with E-state index in [-0.39, 0.29) is 12.5 Å². The van der Waals surface area contributed by atoms with Crippen molar-refractivity contribution in [1.82, 2.24) is 10.6 Å². The molecular formula is C6H6Cl3N3O2. The third-order valence-corrected chi connectivity index (χ3v) is 1.53. The fourth-order valence-electron chi connectivity index (χ4n) is 0.286. The van der Waals surface area contributed by atoms with Crippen molar-refractivity contribution in [2.75, 3.05) is 6.54 Å². The second kappa shape index (κ2) is 6.04. The van der Waals surface area contributed by atoms with Gasteiger partial charge in [0.05, 0.1) is 6.07 Å². The molecule has 0 spiro atoms. The first-order chi connectivity index (χ1) is 6.41. The highest BCUT2D eigenvalue weighted by Crippen LogP contribution is 2.25. The van der Waals surface area contributed by atoms with Crippen LogP contribution in [-0.4, -0.2) is 28.7 Å². The smallest absolute Gasteiger partial charge is 0.278 e. The van der Waals surface area contributed by atoms with Gasteiger partial charge in [-0.3, -0.25) is 20.2 Å². The molecular weight excluding hydrogens is 252 g/mol. The molecule has 0 radical (unpaired) electrons. The molecule has 0 saturated carbocycles. The van der Waals surface area contributed by atoms with Crippen molar-refractivity contribution in [3.05, 3.63) is 0 Å². The Labute approximate surface area is 95.3 Å². The summed E-state index contributed by atoms with van der Waals surface area (Å²) in [5.41, 5.74) is 0. The lowest BCUT2D eigenvalue weighted by Crippen LogP contribution is -2.33. The number of carbonyl (C=O) groups excluding carboxylic acids is 2. The molecule has 2 amide bonds. The van der Waals surface area contributed by atoms with Crippen molar-refractivity contribution in [2.45, 2.75) is 9.83 Å². The monoisotopic (exact) mass is 257 g/mol. The van der Waals surface area contributed by atoms with Gasteiger partial charge in [0, 0.05) is 6.54 Å². The minimum atomic E-state index is -2.05. The highest BCUT2D eigenvalue weighted by Gasteiger charge is 2.29. The Morgan fingerprint density at radius 3 is 2.21 bits per heavy atom. The summed E-state index contributed by atoms with van der Waals surface area (Å²) in [5.74, 6) is -0.956. The van der Waals surface area contributed by atoms with Crippen LogP contribution in [0.15, 0.2) is 0 Å². The normalized spacial score (nSPS) is 18.3. The summed E-state index contributed by atoms with van der Waals surface area (Å²) in [6, 6.07) is 2.22. The van der Waals surface area contributed by atoms with Crippen LogP contribution in [0.1, 0.15) is 0 Å². The van der Waals surface area contributed by atoms with Gasteiger partial charge >= 0.3 is 0 Å². The molecule has 1 unspecified atom stereocenters. The Bertz CT molecular complexity index is 254. The van der Waals surface area contributed by atoms with Gasteiger partial charge in [-0.1, -0.05) is 34.8 Å². The number of imide groups is 1. The van der Waals surface area contributed by atoms with Crippen molar-refractivity contribution >= 4 is 47.1 Å². The summed E-state index contributed by atoms with van der Waals surface area (Å²) in [6.45, 7) is 0.899. The molecule has 1 aliphatic heterocycles. The molecule has 2 N–H and O–H groups in total.